The number of fused-ring (bicyclic) bond motifs is 1. The summed E-state index contributed by atoms with van der Waals surface area (Å²) in [6, 6.07) is 6.44. The molecule has 4 heterocycles. The number of alkyl halides is 3. The van der Waals surface area contributed by atoms with Gasteiger partial charge in [0.05, 0.1) is 36.4 Å². The predicted octanol–water partition coefficient (Wildman–Crippen LogP) is 4.88. The van der Waals surface area contributed by atoms with Crippen molar-refractivity contribution in [3.8, 4) is 11.3 Å². The lowest BCUT2D eigenvalue weighted by atomic mass is 10.1. The zero-order valence-electron chi connectivity index (χ0n) is 19.1. The van der Waals surface area contributed by atoms with Gasteiger partial charge in [-0.15, -0.1) is 0 Å². The molecule has 1 fully saturated rings. The number of morpholine rings is 1. The fraction of sp³-hybridized carbons (Fsp3) is 0.400. The first kappa shape index (κ1) is 23.5. The average molecular weight is 488 g/mol. The molecular formula is C25H25F4N5O. The standard InChI is InChI=1S/C25H25F4N5O/c26-19-5-6-20(25(27,28)29)18(13-19)16-34-8-2-1-3-21-24(34)32-22(15-30-21)17-4-7-23(31-14-17)33-9-11-35-12-10-33/h4-7,13-15H,1-3,8-12,16H2. The zero-order chi connectivity index (χ0) is 24.4. The van der Waals surface area contributed by atoms with Gasteiger partial charge in [-0.3, -0.25) is 4.98 Å². The van der Waals surface area contributed by atoms with E-state index in [1.54, 1.807) is 17.3 Å². The maximum absolute atomic E-state index is 13.9. The van der Waals surface area contributed by atoms with Crippen molar-refractivity contribution in [3.63, 3.8) is 0 Å². The summed E-state index contributed by atoms with van der Waals surface area (Å²) in [7, 11) is 0. The molecule has 1 saturated heterocycles. The van der Waals surface area contributed by atoms with Crippen molar-refractivity contribution >= 4 is 11.6 Å². The van der Waals surface area contributed by atoms with Gasteiger partial charge in [-0.05, 0) is 55.2 Å². The molecule has 0 saturated carbocycles. The molecule has 6 nitrogen and oxygen atoms in total. The highest BCUT2D eigenvalue weighted by molar-refractivity contribution is 5.62. The molecule has 0 atom stereocenters. The van der Waals surface area contributed by atoms with Crippen LogP contribution in [0, 0.1) is 5.82 Å². The summed E-state index contributed by atoms with van der Waals surface area (Å²) >= 11 is 0. The Bertz CT molecular complexity index is 1180. The fourth-order valence-corrected chi connectivity index (χ4v) is 4.52. The lowest BCUT2D eigenvalue weighted by Gasteiger charge is -2.27. The molecule has 2 aromatic heterocycles. The third-order valence-electron chi connectivity index (χ3n) is 6.33. The first-order valence-corrected chi connectivity index (χ1v) is 11.6. The van der Waals surface area contributed by atoms with Gasteiger partial charge in [0.25, 0.3) is 0 Å². The van der Waals surface area contributed by atoms with Crippen molar-refractivity contribution in [3.05, 3.63) is 65.4 Å². The fourth-order valence-electron chi connectivity index (χ4n) is 4.52. The molecule has 0 aliphatic carbocycles. The highest BCUT2D eigenvalue weighted by atomic mass is 19.4. The van der Waals surface area contributed by atoms with Crippen LogP contribution in [0.4, 0.5) is 29.2 Å². The number of aryl methyl sites for hydroxylation is 1. The smallest absolute Gasteiger partial charge is 0.378 e. The van der Waals surface area contributed by atoms with Gasteiger partial charge in [0.1, 0.15) is 11.6 Å². The van der Waals surface area contributed by atoms with Gasteiger partial charge in [-0.25, -0.2) is 14.4 Å². The second kappa shape index (κ2) is 9.77. The summed E-state index contributed by atoms with van der Waals surface area (Å²) in [6.07, 6.45) is 1.15. The number of pyridine rings is 1. The molecule has 0 N–H and O–H groups in total. The van der Waals surface area contributed by atoms with Crippen molar-refractivity contribution in [1.29, 1.82) is 0 Å². The maximum atomic E-state index is 13.9. The zero-order valence-corrected chi connectivity index (χ0v) is 19.1. The van der Waals surface area contributed by atoms with Crippen LogP contribution in [-0.4, -0.2) is 47.8 Å². The quantitative estimate of drug-likeness (QED) is 0.490. The summed E-state index contributed by atoms with van der Waals surface area (Å²) in [6.45, 7) is 3.28. The molecule has 35 heavy (non-hydrogen) atoms. The lowest BCUT2D eigenvalue weighted by molar-refractivity contribution is -0.138. The Morgan fingerprint density at radius 2 is 1.77 bits per heavy atom. The van der Waals surface area contributed by atoms with Crippen molar-refractivity contribution in [2.45, 2.75) is 32.0 Å². The first-order valence-electron chi connectivity index (χ1n) is 11.6. The molecule has 2 aliphatic heterocycles. The van der Waals surface area contributed by atoms with Gasteiger partial charge in [-0.2, -0.15) is 13.2 Å². The molecule has 1 aromatic carbocycles. The number of hydrogen-bond acceptors (Lipinski definition) is 6. The van der Waals surface area contributed by atoms with E-state index in [1.165, 1.54) is 0 Å². The molecule has 5 rings (SSSR count). The molecule has 0 spiro atoms. The number of anilines is 2. The molecule has 0 unspecified atom stereocenters. The van der Waals surface area contributed by atoms with E-state index in [-0.39, 0.29) is 12.1 Å². The summed E-state index contributed by atoms with van der Waals surface area (Å²) in [5.41, 5.74) is 1.13. The van der Waals surface area contributed by atoms with Crippen LogP contribution in [0.15, 0.2) is 42.7 Å². The predicted molar refractivity (Wildman–Crippen MR) is 124 cm³/mol. The molecule has 10 heteroatoms. The largest absolute Gasteiger partial charge is 0.416 e. The van der Waals surface area contributed by atoms with Crippen LogP contribution >= 0.6 is 0 Å². The van der Waals surface area contributed by atoms with Crippen molar-refractivity contribution in [1.82, 2.24) is 15.0 Å². The third-order valence-corrected chi connectivity index (χ3v) is 6.33. The maximum Gasteiger partial charge on any atom is 0.416 e. The minimum absolute atomic E-state index is 0.105. The summed E-state index contributed by atoms with van der Waals surface area (Å²) in [5, 5.41) is 0. The Morgan fingerprint density at radius 3 is 2.51 bits per heavy atom. The number of hydrogen-bond donors (Lipinski definition) is 0. The summed E-state index contributed by atoms with van der Waals surface area (Å²) < 4.78 is 60.0. The SMILES string of the molecule is Fc1ccc(C(F)(F)F)c(CN2CCCCc3ncc(-c4ccc(N5CCOCC5)nc4)nc32)c1. The van der Waals surface area contributed by atoms with E-state index in [2.05, 4.69) is 14.9 Å². The van der Waals surface area contributed by atoms with Gasteiger partial charge in [0.15, 0.2) is 5.82 Å². The average Bonchev–Trinajstić information content (AvgIpc) is 3.06. The number of aromatic nitrogens is 3. The number of ether oxygens (including phenoxy) is 1. The lowest BCUT2D eigenvalue weighted by Crippen LogP contribution is -2.36. The number of halogens is 4. The second-order valence-corrected chi connectivity index (χ2v) is 8.71. The van der Waals surface area contributed by atoms with Gasteiger partial charge in [0, 0.05) is 37.9 Å². The molecule has 184 valence electrons. The highest BCUT2D eigenvalue weighted by Crippen LogP contribution is 2.35. The summed E-state index contributed by atoms with van der Waals surface area (Å²) in [4.78, 5) is 17.9. The molecule has 0 radical (unpaired) electrons. The summed E-state index contributed by atoms with van der Waals surface area (Å²) in [5.74, 6) is 0.691. The van der Waals surface area contributed by atoms with E-state index in [0.29, 0.717) is 37.7 Å². The van der Waals surface area contributed by atoms with E-state index in [1.807, 2.05) is 12.1 Å². The Balaban J connectivity index is 1.45. The minimum Gasteiger partial charge on any atom is -0.378 e. The van der Waals surface area contributed by atoms with E-state index in [9.17, 15) is 17.6 Å². The molecule has 0 bridgehead atoms. The van der Waals surface area contributed by atoms with Gasteiger partial charge in [0.2, 0.25) is 0 Å². The van der Waals surface area contributed by atoms with Crippen molar-refractivity contribution in [2.24, 2.45) is 0 Å². The van der Waals surface area contributed by atoms with Crippen LogP contribution in [0.3, 0.4) is 0 Å². The molecule has 2 aliphatic rings. The van der Waals surface area contributed by atoms with E-state index in [0.717, 1.165) is 61.2 Å². The Morgan fingerprint density at radius 1 is 0.943 bits per heavy atom. The topological polar surface area (TPSA) is 54.4 Å². The minimum atomic E-state index is -4.57. The number of nitrogens with zero attached hydrogens (tertiary/aromatic N) is 5. The molecular weight excluding hydrogens is 462 g/mol. The van der Waals surface area contributed by atoms with Crippen LogP contribution in [0.25, 0.3) is 11.3 Å². The van der Waals surface area contributed by atoms with Crippen LogP contribution < -0.4 is 9.80 Å². The monoisotopic (exact) mass is 487 g/mol. The first-order chi connectivity index (χ1) is 16.9. The van der Waals surface area contributed by atoms with E-state index < -0.39 is 17.6 Å². The van der Waals surface area contributed by atoms with Crippen LogP contribution in [-0.2, 0) is 23.9 Å². The van der Waals surface area contributed by atoms with E-state index in [4.69, 9.17) is 9.72 Å². The van der Waals surface area contributed by atoms with Gasteiger partial charge >= 0.3 is 6.18 Å². The number of rotatable bonds is 4. The third kappa shape index (κ3) is 5.22. The Hall–Kier alpha value is -3.27. The number of benzene rings is 1. The molecule has 3 aromatic rings. The van der Waals surface area contributed by atoms with Gasteiger partial charge in [-0.1, -0.05) is 0 Å². The second-order valence-electron chi connectivity index (χ2n) is 8.71. The van der Waals surface area contributed by atoms with Crippen LogP contribution in [0.5, 0.6) is 0 Å². The Kier molecular flexibility index (Phi) is 6.55. The van der Waals surface area contributed by atoms with E-state index >= 15 is 0 Å². The highest BCUT2D eigenvalue weighted by Gasteiger charge is 2.34. The van der Waals surface area contributed by atoms with Crippen LogP contribution in [0.1, 0.15) is 29.7 Å². The Labute approximate surface area is 200 Å². The van der Waals surface area contributed by atoms with Gasteiger partial charge < -0.3 is 14.5 Å². The van der Waals surface area contributed by atoms with Crippen LogP contribution in [0.2, 0.25) is 0 Å². The molecule has 0 amide bonds. The van der Waals surface area contributed by atoms with Crippen molar-refractivity contribution in [2.75, 3.05) is 42.6 Å². The van der Waals surface area contributed by atoms with Crippen molar-refractivity contribution < 1.29 is 22.3 Å². The normalized spacial score (nSPS) is 16.7.